The molecule has 0 aromatic heterocycles. The van der Waals surface area contributed by atoms with Gasteiger partial charge in [-0.2, -0.15) is 0 Å². The van der Waals surface area contributed by atoms with Crippen LogP contribution in [0.25, 0.3) is 0 Å². The van der Waals surface area contributed by atoms with Crippen molar-refractivity contribution < 1.29 is 24.9 Å². The summed E-state index contributed by atoms with van der Waals surface area (Å²) in [6, 6.07) is 5.42. The van der Waals surface area contributed by atoms with Gasteiger partial charge in [0.25, 0.3) is 0 Å². The van der Waals surface area contributed by atoms with E-state index < -0.39 is 18.0 Å². The van der Waals surface area contributed by atoms with Crippen molar-refractivity contribution in [2.75, 3.05) is 0 Å². The van der Waals surface area contributed by atoms with Crippen molar-refractivity contribution in [3.05, 3.63) is 42.0 Å². The van der Waals surface area contributed by atoms with Crippen LogP contribution >= 0.6 is 0 Å². The van der Waals surface area contributed by atoms with Crippen LogP contribution < -0.4 is 5.73 Å². The maximum absolute atomic E-state index is 10.4. The number of hydrogen-bond acceptors (Lipinski definition) is 4. The van der Waals surface area contributed by atoms with Gasteiger partial charge in [0.05, 0.1) is 0 Å². The molecule has 1 aromatic rings. The van der Waals surface area contributed by atoms with Crippen LogP contribution in [0.3, 0.4) is 0 Å². The minimum atomic E-state index is -1.02. The number of allylic oxidation sites excluding steroid dienone is 1. The molecule has 0 aliphatic rings. The quantitative estimate of drug-likeness (QED) is 0.604. The lowest BCUT2D eigenvalue weighted by Crippen LogP contribution is -2.32. The Hall–Kier alpha value is -2.34. The Morgan fingerprint density at radius 1 is 1.26 bits per heavy atom. The first kappa shape index (κ1) is 16.7. The Balaban J connectivity index is 0.000000459. The van der Waals surface area contributed by atoms with Gasteiger partial charge in [0.15, 0.2) is 0 Å². The molecule has 6 heteroatoms. The summed E-state index contributed by atoms with van der Waals surface area (Å²) < 4.78 is 0. The van der Waals surface area contributed by atoms with Gasteiger partial charge in [-0.05, 0) is 31.0 Å². The van der Waals surface area contributed by atoms with E-state index in [2.05, 4.69) is 0 Å². The van der Waals surface area contributed by atoms with Crippen LogP contribution in [-0.2, 0) is 16.0 Å². The Bertz CT molecular complexity index is 439. The number of aliphatic carboxylic acids is 2. The zero-order chi connectivity index (χ0) is 14.8. The largest absolute Gasteiger partial charge is 0.508 e. The fourth-order valence-corrected chi connectivity index (χ4v) is 1.12. The number of carbonyl (C=O) groups is 2. The lowest BCUT2D eigenvalue weighted by molar-refractivity contribution is -0.138. The van der Waals surface area contributed by atoms with Gasteiger partial charge >= 0.3 is 11.9 Å². The molecule has 0 spiro atoms. The molecule has 19 heavy (non-hydrogen) atoms. The molecule has 0 amide bonds. The molecule has 0 heterocycles. The number of aromatic hydroxyl groups is 1. The second-order valence-corrected chi connectivity index (χ2v) is 3.65. The first-order valence-corrected chi connectivity index (χ1v) is 5.48. The van der Waals surface area contributed by atoms with Crippen LogP contribution in [0.1, 0.15) is 12.5 Å². The zero-order valence-corrected chi connectivity index (χ0v) is 10.5. The molecule has 0 aliphatic heterocycles. The fraction of sp³-hybridized carbons (Fsp3) is 0.231. The van der Waals surface area contributed by atoms with Crippen LogP contribution in [0.4, 0.5) is 0 Å². The molecule has 1 rings (SSSR count). The first-order valence-electron chi connectivity index (χ1n) is 5.48. The fourth-order valence-electron chi connectivity index (χ4n) is 1.12. The predicted octanol–water partition coefficient (Wildman–Crippen LogP) is 0.994. The Morgan fingerprint density at radius 2 is 1.79 bits per heavy atom. The molecule has 0 saturated heterocycles. The van der Waals surface area contributed by atoms with Gasteiger partial charge in [-0.1, -0.05) is 18.2 Å². The van der Waals surface area contributed by atoms with E-state index in [0.29, 0.717) is 0 Å². The van der Waals surface area contributed by atoms with Gasteiger partial charge in [-0.15, -0.1) is 0 Å². The Kier molecular flexibility index (Phi) is 7.64. The van der Waals surface area contributed by atoms with E-state index in [1.807, 2.05) is 0 Å². The maximum atomic E-state index is 10.4. The lowest BCUT2D eigenvalue weighted by Gasteiger charge is -2.05. The van der Waals surface area contributed by atoms with Crippen LogP contribution in [0.2, 0.25) is 0 Å². The van der Waals surface area contributed by atoms with Crippen molar-refractivity contribution in [2.45, 2.75) is 19.4 Å². The summed E-state index contributed by atoms with van der Waals surface area (Å²) in [6.07, 6.45) is 2.83. The number of phenolic OH excluding ortho intramolecular Hbond substituents is 1. The monoisotopic (exact) mass is 267 g/mol. The van der Waals surface area contributed by atoms with E-state index in [9.17, 15) is 9.59 Å². The van der Waals surface area contributed by atoms with Crippen LogP contribution in [0.15, 0.2) is 36.4 Å². The summed E-state index contributed by atoms with van der Waals surface area (Å²) >= 11 is 0. The molecule has 0 fully saturated rings. The molecule has 0 saturated carbocycles. The highest BCUT2D eigenvalue weighted by Crippen LogP contribution is 2.10. The van der Waals surface area contributed by atoms with Crippen molar-refractivity contribution in [3.63, 3.8) is 0 Å². The van der Waals surface area contributed by atoms with Crippen molar-refractivity contribution in [2.24, 2.45) is 5.73 Å². The van der Waals surface area contributed by atoms with Crippen molar-refractivity contribution in [1.82, 2.24) is 0 Å². The first-order chi connectivity index (χ1) is 8.86. The number of carboxylic acid groups (broad SMARTS) is 2. The molecule has 104 valence electrons. The summed E-state index contributed by atoms with van der Waals surface area (Å²) in [7, 11) is 0. The summed E-state index contributed by atoms with van der Waals surface area (Å²) in [5.74, 6) is -1.75. The van der Waals surface area contributed by atoms with Crippen molar-refractivity contribution in [1.29, 1.82) is 0 Å². The van der Waals surface area contributed by atoms with Gasteiger partial charge < -0.3 is 21.1 Å². The minimum absolute atomic E-state index is 0.160. The van der Waals surface area contributed by atoms with E-state index in [1.54, 1.807) is 19.1 Å². The maximum Gasteiger partial charge on any atom is 0.327 e. The molecular weight excluding hydrogens is 250 g/mol. The molecular formula is C13H17NO5. The molecule has 0 bridgehead atoms. The van der Waals surface area contributed by atoms with E-state index in [4.69, 9.17) is 21.1 Å². The summed E-state index contributed by atoms with van der Waals surface area (Å²) in [4.78, 5) is 19.9. The molecule has 0 radical (unpaired) electrons. The van der Waals surface area contributed by atoms with Crippen LogP contribution in [-0.4, -0.2) is 33.3 Å². The van der Waals surface area contributed by atoms with Crippen molar-refractivity contribution >= 4 is 11.9 Å². The van der Waals surface area contributed by atoms with Gasteiger partial charge in [0.2, 0.25) is 0 Å². The van der Waals surface area contributed by atoms with Gasteiger partial charge in [-0.3, -0.25) is 4.79 Å². The second-order valence-electron chi connectivity index (χ2n) is 3.65. The van der Waals surface area contributed by atoms with Crippen molar-refractivity contribution in [3.8, 4) is 5.75 Å². The second kappa shape index (κ2) is 8.71. The highest BCUT2D eigenvalue weighted by molar-refractivity contribution is 5.79. The molecule has 0 aliphatic carbocycles. The van der Waals surface area contributed by atoms with E-state index in [-0.39, 0.29) is 12.2 Å². The summed E-state index contributed by atoms with van der Waals surface area (Å²) in [5.41, 5.74) is 6.12. The number of rotatable bonds is 4. The zero-order valence-electron chi connectivity index (χ0n) is 10.5. The number of benzene rings is 1. The molecule has 1 atom stereocenters. The number of phenols is 1. The van der Waals surface area contributed by atoms with Gasteiger partial charge in [-0.25, -0.2) is 4.79 Å². The average Bonchev–Trinajstić information content (AvgIpc) is 2.32. The Labute approximate surface area is 110 Å². The number of hydrogen-bond donors (Lipinski definition) is 4. The van der Waals surface area contributed by atoms with Crippen LogP contribution in [0, 0.1) is 0 Å². The molecule has 6 nitrogen and oxygen atoms in total. The number of carboxylic acids is 2. The summed E-state index contributed by atoms with van der Waals surface area (Å²) in [6.45, 7) is 1.66. The van der Waals surface area contributed by atoms with Crippen LogP contribution in [0.5, 0.6) is 5.75 Å². The highest BCUT2D eigenvalue weighted by atomic mass is 16.4. The van der Waals surface area contributed by atoms with Gasteiger partial charge in [0, 0.05) is 6.08 Å². The molecule has 1 unspecified atom stereocenters. The third-order valence-electron chi connectivity index (χ3n) is 2.02. The molecule has 5 N–H and O–H groups in total. The predicted molar refractivity (Wildman–Crippen MR) is 69.9 cm³/mol. The highest BCUT2D eigenvalue weighted by Gasteiger charge is 2.11. The minimum Gasteiger partial charge on any atom is -0.508 e. The van der Waals surface area contributed by atoms with Gasteiger partial charge in [0.1, 0.15) is 11.8 Å². The van der Waals surface area contributed by atoms with E-state index >= 15 is 0 Å². The molecule has 1 aromatic carbocycles. The smallest absolute Gasteiger partial charge is 0.327 e. The normalized spacial score (nSPS) is 11.5. The summed E-state index contributed by atoms with van der Waals surface area (Å²) in [5, 5.41) is 25.3. The standard InChI is InChI=1S/C9H11NO3.C4H6O2/c10-8(9(12)13)5-6-1-3-7(11)4-2-6;1-2-3-4(5)6/h1-4,8,11H,5,10H2,(H,12,13);2-3H,1H3,(H,5,6). The van der Waals surface area contributed by atoms with E-state index in [1.165, 1.54) is 18.2 Å². The average molecular weight is 267 g/mol. The third-order valence-corrected chi connectivity index (χ3v) is 2.02. The lowest BCUT2D eigenvalue weighted by atomic mass is 10.1. The number of nitrogens with two attached hydrogens (primary N) is 1. The SMILES string of the molecule is CC=CC(=O)O.NC(Cc1ccc(O)cc1)C(=O)O. The van der Waals surface area contributed by atoms with E-state index in [0.717, 1.165) is 11.6 Å². The topological polar surface area (TPSA) is 121 Å². The Morgan fingerprint density at radius 3 is 2.11 bits per heavy atom. The third kappa shape index (κ3) is 8.39.